The van der Waals surface area contributed by atoms with Crippen molar-refractivity contribution in [1.82, 2.24) is 10.2 Å². The third-order valence-corrected chi connectivity index (χ3v) is 9.36. The Morgan fingerprint density at radius 1 is 0.976 bits per heavy atom. The normalized spacial score (nSPS) is 14.3. The second-order valence-electron chi connectivity index (χ2n) is 10.1. The maximum Gasteiger partial charge on any atom is 0.264 e. The summed E-state index contributed by atoms with van der Waals surface area (Å²) < 4.78 is 34.1. The van der Waals surface area contributed by atoms with E-state index in [0.29, 0.717) is 22.9 Å². The van der Waals surface area contributed by atoms with Crippen molar-refractivity contribution in [1.29, 1.82) is 0 Å². The molecule has 1 atom stereocenters. The Bertz CT molecular complexity index is 1410. The molecule has 1 aliphatic rings. The Kier molecular flexibility index (Phi) is 10.3. The van der Waals surface area contributed by atoms with Crippen molar-refractivity contribution in [2.24, 2.45) is 0 Å². The summed E-state index contributed by atoms with van der Waals surface area (Å²) in [6.07, 6.45) is 4.32. The van der Waals surface area contributed by atoms with Gasteiger partial charge in [0.05, 0.1) is 17.7 Å². The van der Waals surface area contributed by atoms with Crippen LogP contribution in [0.25, 0.3) is 0 Å². The molecular formula is C31H36ClN3O5S. The number of amides is 2. The number of para-hydroxylation sites is 1. The number of rotatable bonds is 12. The highest BCUT2D eigenvalue weighted by atomic mass is 35.5. The molecule has 0 aliphatic heterocycles. The van der Waals surface area contributed by atoms with Gasteiger partial charge < -0.3 is 15.0 Å². The number of anilines is 1. The number of methoxy groups -OCH3 is 1. The summed E-state index contributed by atoms with van der Waals surface area (Å²) in [5.41, 5.74) is 1.13. The van der Waals surface area contributed by atoms with Crippen LogP contribution in [-0.2, 0) is 26.2 Å². The molecule has 0 aromatic heterocycles. The Morgan fingerprint density at radius 2 is 1.61 bits per heavy atom. The predicted molar refractivity (Wildman–Crippen MR) is 160 cm³/mol. The molecule has 0 saturated heterocycles. The zero-order valence-electron chi connectivity index (χ0n) is 23.3. The van der Waals surface area contributed by atoms with E-state index in [0.717, 1.165) is 35.6 Å². The highest BCUT2D eigenvalue weighted by molar-refractivity contribution is 7.92. The van der Waals surface area contributed by atoms with Gasteiger partial charge in [0.1, 0.15) is 18.3 Å². The van der Waals surface area contributed by atoms with Crippen LogP contribution in [0.3, 0.4) is 0 Å². The molecule has 41 heavy (non-hydrogen) atoms. The summed E-state index contributed by atoms with van der Waals surface area (Å²) in [6.45, 7) is 1.49. The average molecular weight is 598 g/mol. The molecule has 1 unspecified atom stereocenters. The molecule has 1 saturated carbocycles. The summed E-state index contributed by atoms with van der Waals surface area (Å²) in [5, 5.41) is 3.52. The summed E-state index contributed by atoms with van der Waals surface area (Å²) in [4.78, 5) is 29.1. The van der Waals surface area contributed by atoms with Crippen LogP contribution in [0.15, 0.2) is 83.8 Å². The third-order valence-electron chi connectivity index (χ3n) is 7.32. The summed E-state index contributed by atoms with van der Waals surface area (Å²) in [6, 6.07) is 20.8. The van der Waals surface area contributed by atoms with E-state index in [4.69, 9.17) is 16.3 Å². The fourth-order valence-corrected chi connectivity index (χ4v) is 6.61. The number of nitrogens with one attached hydrogen (secondary N) is 1. The van der Waals surface area contributed by atoms with E-state index in [1.807, 2.05) is 19.1 Å². The van der Waals surface area contributed by atoms with Crippen LogP contribution in [0, 0.1) is 0 Å². The van der Waals surface area contributed by atoms with Gasteiger partial charge in [0.15, 0.2) is 0 Å². The van der Waals surface area contributed by atoms with E-state index < -0.39 is 28.5 Å². The Hall–Kier alpha value is -3.56. The van der Waals surface area contributed by atoms with Gasteiger partial charge in [0, 0.05) is 17.6 Å². The number of benzene rings is 3. The lowest BCUT2D eigenvalue weighted by Gasteiger charge is -2.33. The first-order chi connectivity index (χ1) is 19.7. The number of hydrogen-bond acceptors (Lipinski definition) is 5. The number of ether oxygens (including phenoxy) is 1. The van der Waals surface area contributed by atoms with Crippen LogP contribution in [0.4, 0.5) is 5.69 Å². The quantitative estimate of drug-likeness (QED) is 0.301. The maximum absolute atomic E-state index is 14.1. The van der Waals surface area contributed by atoms with Gasteiger partial charge in [-0.3, -0.25) is 13.9 Å². The average Bonchev–Trinajstić information content (AvgIpc) is 3.49. The zero-order chi connectivity index (χ0) is 29.4. The van der Waals surface area contributed by atoms with E-state index in [1.165, 1.54) is 29.2 Å². The molecule has 0 radical (unpaired) electrons. The van der Waals surface area contributed by atoms with Gasteiger partial charge in [-0.1, -0.05) is 61.7 Å². The Labute approximate surface area is 247 Å². The zero-order valence-corrected chi connectivity index (χ0v) is 24.9. The van der Waals surface area contributed by atoms with E-state index in [2.05, 4.69) is 5.32 Å². The number of hydrogen-bond donors (Lipinski definition) is 1. The van der Waals surface area contributed by atoms with Gasteiger partial charge in [-0.2, -0.15) is 0 Å². The summed E-state index contributed by atoms with van der Waals surface area (Å²) in [7, 11) is -2.57. The highest BCUT2D eigenvalue weighted by Crippen LogP contribution is 2.26. The van der Waals surface area contributed by atoms with Gasteiger partial charge in [-0.25, -0.2) is 8.42 Å². The topological polar surface area (TPSA) is 96.0 Å². The van der Waals surface area contributed by atoms with Gasteiger partial charge >= 0.3 is 0 Å². The molecule has 1 fully saturated rings. The van der Waals surface area contributed by atoms with Crippen LogP contribution in [0.2, 0.25) is 5.02 Å². The van der Waals surface area contributed by atoms with Gasteiger partial charge in [0.2, 0.25) is 11.8 Å². The maximum atomic E-state index is 14.1. The minimum atomic E-state index is -4.14. The molecule has 0 bridgehead atoms. The second kappa shape index (κ2) is 13.9. The second-order valence-corrected chi connectivity index (χ2v) is 12.4. The minimum Gasteiger partial charge on any atom is -0.497 e. The van der Waals surface area contributed by atoms with Crippen molar-refractivity contribution in [2.45, 2.75) is 62.6 Å². The molecule has 0 spiro atoms. The molecule has 1 aliphatic carbocycles. The van der Waals surface area contributed by atoms with Crippen molar-refractivity contribution in [3.8, 4) is 5.75 Å². The Balaban J connectivity index is 1.69. The molecule has 0 heterocycles. The van der Waals surface area contributed by atoms with E-state index in [1.54, 1.807) is 49.6 Å². The van der Waals surface area contributed by atoms with Crippen LogP contribution in [0.5, 0.6) is 5.75 Å². The molecule has 4 rings (SSSR count). The van der Waals surface area contributed by atoms with E-state index in [9.17, 15) is 18.0 Å². The fourth-order valence-electron chi connectivity index (χ4n) is 5.07. The fraction of sp³-hybridized carbons (Fsp3) is 0.355. The van der Waals surface area contributed by atoms with Crippen molar-refractivity contribution in [2.75, 3.05) is 18.0 Å². The Morgan fingerprint density at radius 3 is 2.20 bits per heavy atom. The standard InChI is InChI=1S/C31H36ClN3O5S/c1-3-29(31(37)33-25-9-7-8-10-25)34(21-23-13-17-27(40-2)18-14-23)30(36)22-35(26-11-5-4-6-12-26)41(38,39)28-19-15-24(32)16-20-28/h4-6,11-20,25,29H,3,7-10,21-22H2,1-2H3,(H,33,37). The largest absolute Gasteiger partial charge is 0.497 e. The van der Waals surface area contributed by atoms with Crippen molar-refractivity contribution >= 4 is 39.1 Å². The smallest absolute Gasteiger partial charge is 0.264 e. The van der Waals surface area contributed by atoms with Crippen molar-refractivity contribution in [3.63, 3.8) is 0 Å². The lowest BCUT2D eigenvalue weighted by Crippen LogP contribution is -2.53. The van der Waals surface area contributed by atoms with Crippen molar-refractivity contribution in [3.05, 3.63) is 89.4 Å². The van der Waals surface area contributed by atoms with Gasteiger partial charge in [-0.05, 0) is 73.4 Å². The molecule has 8 nitrogen and oxygen atoms in total. The molecule has 3 aromatic rings. The molecule has 10 heteroatoms. The number of halogens is 1. The molecule has 3 aromatic carbocycles. The molecular weight excluding hydrogens is 562 g/mol. The predicted octanol–water partition coefficient (Wildman–Crippen LogP) is 5.41. The SMILES string of the molecule is CCC(C(=O)NC1CCCC1)N(Cc1ccc(OC)cc1)C(=O)CN(c1ccccc1)S(=O)(=O)c1ccc(Cl)cc1. The lowest BCUT2D eigenvalue weighted by atomic mass is 10.1. The van der Waals surface area contributed by atoms with E-state index >= 15 is 0 Å². The monoisotopic (exact) mass is 597 g/mol. The van der Waals surface area contributed by atoms with Crippen LogP contribution < -0.4 is 14.4 Å². The first-order valence-corrected chi connectivity index (χ1v) is 15.6. The van der Waals surface area contributed by atoms with Gasteiger partial charge in [0.25, 0.3) is 10.0 Å². The van der Waals surface area contributed by atoms with Crippen LogP contribution in [0.1, 0.15) is 44.6 Å². The first-order valence-electron chi connectivity index (χ1n) is 13.8. The number of nitrogens with zero attached hydrogens (tertiary/aromatic N) is 2. The van der Waals surface area contributed by atoms with Gasteiger partial charge in [-0.15, -0.1) is 0 Å². The summed E-state index contributed by atoms with van der Waals surface area (Å²) in [5.74, 6) is -0.0503. The van der Waals surface area contributed by atoms with Crippen molar-refractivity contribution < 1.29 is 22.7 Å². The summed E-state index contributed by atoms with van der Waals surface area (Å²) >= 11 is 6.01. The molecule has 2 amide bonds. The number of sulfonamides is 1. The number of carbonyl (C=O) groups is 2. The lowest BCUT2D eigenvalue weighted by molar-refractivity contribution is -0.140. The van der Waals surface area contributed by atoms with E-state index in [-0.39, 0.29) is 23.4 Å². The number of carbonyl (C=O) groups excluding carboxylic acids is 2. The van der Waals surface area contributed by atoms with Crippen LogP contribution in [-0.4, -0.2) is 50.9 Å². The molecule has 1 N–H and O–H groups in total. The molecule has 218 valence electrons. The first kappa shape index (κ1) is 30.4. The minimum absolute atomic E-state index is 0.00581. The van der Waals surface area contributed by atoms with Crippen LogP contribution >= 0.6 is 11.6 Å². The third kappa shape index (κ3) is 7.59. The highest BCUT2D eigenvalue weighted by Gasteiger charge is 2.34.